The van der Waals surface area contributed by atoms with Crippen LogP contribution >= 0.6 is 22.6 Å². The molecule has 0 unspecified atom stereocenters. The molecular formula is C7H4F3IO. The summed E-state index contributed by atoms with van der Waals surface area (Å²) in [7, 11) is 1.15. The summed E-state index contributed by atoms with van der Waals surface area (Å²) in [6, 6.07) is 0.486. The van der Waals surface area contributed by atoms with E-state index in [0.29, 0.717) is 6.07 Å². The van der Waals surface area contributed by atoms with Gasteiger partial charge in [-0.2, -0.15) is 4.39 Å². The van der Waals surface area contributed by atoms with E-state index in [0.717, 1.165) is 7.11 Å². The van der Waals surface area contributed by atoms with Crippen LogP contribution in [0.25, 0.3) is 0 Å². The molecule has 1 nitrogen and oxygen atoms in total. The highest BCUT2D eigenvalue weighted by Crippen LogP contribution is 2.28. The van der Waals surface area contributed by atoms with Gasteiger partial charge in [-0.25, -0.2) is 8.78 Å². The number of benzene rings is 1. The maximum Gasteiger partial charge on any atom is 0.201 e. The van der Waals surface area contributed by atoms with Crippen molar-refractivity contribution in [3.05, 3.63) is 27.1 Å². The fourth-order valence-corrected chi connectivity index (χ4v) is 1.34. The molecule has 0 saturated carbocycles. The molecule has 0 amide bonds. The number of hydrogen-bond donors (Lipinski definition) is 0. The van der Waals surface area contributed by atoms with Gasteiger partial charge in [0.25, 0.3) is 0 Å². The minimum Gasteiger partial charge on any atom is -0.492 e. The minimum absolute atomic E-state index is 0.0611. The summed E-state index contributed by atoms with van der Waals surface area (Å²) in [5.74, 6) is -3.63. The Hall–Kier alpha value is -0.460. The second-order valence-electron chi connectivity index (χ2n) is 2.00. The van der Waals surface area contributed by atoms with Crippen molar-refractivity contribution in [3.63, 3.8) is 0 Å². The fourth-order valence-electron chi connectivity index (χ4n) is 0.730. The van der Waals surface area contributed by atoms with Crippen LogP contribution in [0.5, 0.6) is 5.75 Å². The van der Waals surface area contributed by atoms with Crippen LogP contribution in [0.3, 0.4) is 0 Å². The summed E-state index contributed by atoms with van der Waals surface area (Å²) in [5, 5.41) is 0. The molecule has 1 aromatic carbocycles. The minimum atomic E-state index is -1.25. The molecule has 66 valence electrons. The van der Waals surface area contributed by atoms with Crippen LogP contribution in [0.1, 0.15) is 0 Å². The molecule has 1 aromatic rings. The average molecular weight is 288 g/mol. The molecule has 0 aliphatic carbocycles. The predicted octanol–water partition coefficient (Wildman–Crippen LogP) is 2.72. The topological polar surface area (TPSA) is 9.23 Å². The maximum absolute atomic E-state index is 12.8. The standard InChI is InChI=1S/C7H4F3IO/c1-12-7-5(10)3(8)2-4(9)6(7)11/h2H,1H3. The van der Waals surface area contributed by atoms with Gasteiger partial charge in [0.15, 0.2) is 11.6 Å². The molecule has 0 N–H and O–H groups in total. The number of rotatable bonds is 1. The Bertz CT molecular complexity index is 288. The highest BCUT2D eigenvalue weighted by Gasteiger charge is 2.17. The van der Waals surface area contributed by atoms with Crippen molar-refractivity contribution in [2.24, 2.45) is 0 Å². The van der Waals surface area contributed by atoms with E-state index in [1.165, 1.54) is 0 Å². The number of ether oxygens (including phenoxy) is 1. The molecule has 5 heteroatoms. The zero-order chi connectivity index (χ0) is 9.30. The van der Waals surface area contributed by atoms with Crippen molar-refractivity contribution in [2.45, 2.75) is 0 Å². The first-order valence-corrected chi connectivity index (χ1v) is 4.02. The summed E-state index contributed by atoms with van der Waals surface area (Å²) < 4.78 is 42.4. The summed E-state index contributed by atoms with van der Waals surface area (Å²) in [6.45, 7) is 0. The van der Waals surface area contributed by atoms with Gasteiger partial charge < -0.3 is 4.74 Å². The third-order valence-electron chi connectivity index (χ3n) is 1.28. The first-order valence-electron chi connectivity index (χ1n) is 2.95. The van der Waals surface area contributed by atoms with Gasteiger partial charge in [0.1, 0.15) is 5.82 Å². The molecule has 1 rings (SSSR count). The molecular weight excluding hydrogens is 284 g/mol. The molecule has 0 fully saturated rings. The van der Waals surface area contributed by atoms with E-state index in [1.54, 1.807) is 22.6 Å². The Kier molecular flexibility index (Phi) is 2.81. The van der Waals surface area contributed by atoms with Gasteiger partial charge in [0.2, 0.25) is 5.82 Å². The van der Waals surface area contributed by atoms with E-state index >= 15 is 0 Å². The van der Waals surface area contributed by atoms with Gasteiger partial charge in [-0.1, -0.05) is 0 Å². The molecule has 0 bridgehead atoms. The molecule has 0 heterocycles. The lowest BCUT2D eigenvalue weighted by atomic mass is 10.3. The zero-order valence-corrected chi connectivity index (χ0v) is 8.15. The van der Waals surface area contributed by atoms with Crippen LogP contribution in [-0.4, -0.2) is 7.11 Å². The molecule has 0 saturated heterocycles. The van der Waals surface area contributed by atoms with Gasteiger partial charge in [-0.05, 0) is 22.6 Å². The van der Waals surface area contributed by atoms with Gasteiger partial charge in [0, 0.05) is 6.07 Å². The van der Waals surface area contributed by atoms with Crippen LogP contribution in [0, 0.1) is 21.0 Å². The highest BCUT2D eigenvalue weighted by atomic mass is 127. The molecule has 0 aliphatic heterocycles. The van der Waals surface area contributed by atoms with Gasteiger partial charge >= 0.3 is 0 Å². The summed E-state index contributed by atoms with van der Waals surface area (Å²) in [5.41, 5.74) is 0. The SMILES string of the molecule is COc1c(F)c(F)cc(F)c1I. The van der Waals surface area contributed by atoms with E-state index in [4.69, 9.17) is 0 Å². The van der Waals surface area contributed by atoms with Crippen LogP contribution in [0.15, 0.2) is 6.07 Å². The van der Waals surface area contributed by atoms with E-state index in [1.807, 2.05) is 0 Å². The summed E-state index contributed by atoms with van der Waals surface area (Å²) >= 11 is 1.54. The van der Waals surface area contributed by atoms with Crippen molar-refractivity contribution >= 4 is 22.6 Å². The molecule has 0 atom stereocenters. The second kappa shape index (κ2) is 3.51. The van der Waals surface area contributed by atoms with Crippen LogP contribution < -0.4 is 4.74 Å². The van der Waals surface area contributed by atoms with Crippen molar-refractivity contribution in [2.75, 3.05) is 7.11 Å². The number of hydrogen-bond acceptors (Lipinski definition) is 1. The van der Waals surface area contributed by atoms with Gasteiger partial charge in [-0.15, -0.1) is 0 Å². The Labute approximate surface area is 80.7 Å². The van der Waals surface area contributed by atoms with Crippen molar-refractivity contribution in [1.82, 2.24) is 0 Å². The Balaban J connectivity index is 3.42. The first-order chi connectivity index (χ1) is 5.57. The largest absolute Gasteiger partial charge is 0.492 e. The van der Waals surface area contributed by atoms with Gasteiger partial charge in [0.05, 0.1) is 10.7 Å². The third kappa shape index (κ3) is 1.50. The lowest BCUT2D eigenvalue weighted by molar-refractivity contribution is 0.362. The number of methoxy groups -OCH3 is 1. The first kappa shape index (κ1) is 9.63. The van der Waals surface area contributed by atoms with Crippen molar-refractivity contribution in [3.8, 4) is 5.75 Å². The molecule has 0 spiro atoms. The third-order valence-corrected chi connectivity index (χ3v) is 2.28. The average Bonchev–Trinajstić information content (AvgIpc) is 2.02. The predicted molar refractivity (Wildman–Crippen MR) is 45.6 cm³/mol. The monoisotopic (exact) mass is 288 g/mol. The summed E-state index contributed by atoms with van der Waals surface area (Å²) in [4.78, 5) is 0. The lowest BCUT2D eigenvalue weighted by Gasteiger charge is -2.05. The quantitative estimate of drug-likeness (QED) is 0.570. The Morgan fingerprint density at radius 3 is 2.33 bits per heavy atom. The molecule has 0 radical (unpaired) electrons. The lowest BCUT2D eigenvalue weighted by Crippen LogP contribution is -1.98. The van der Waals surface area contributed by atoms with Crippen molar-refractivity contribution < 1.29 is 17.9 Å². The maximum atomic E-state index is 12.8. The van der Waals surface area contributed by atoms with Crippen LogP contribution in [0.4, 0.5) is 13.2 Å². The van der Waals surface area contributed by atoms with E-state index in [2.05, 4.69) is 4.74 Å². The number of halogens is 4. The normalized spacial score (nSPS) is 10.1. The Morgan fingerprint density at radius 1 is 1.25 bits per heavy atom. The fraction of sp³-hybridized carbons (Fsp3) is 0.143. The smallest absolute Gasteiger partial charge is 0.201 e. The van der Waals surface area contributed by atoms with Crippen molar-refractivity contribution in [1.29, 1.82) is 0 Å². The zero-order valence-electron chi connectivity index (χ0n) is 6.00. The molecule has 0 aromatic heterocycles. The van der Waals surface area contributed by atoms with Crippen LogP contribution in [-0.2, 0) is 0 Å². The Morgan fingerprint density at radius 2 is 1.83 bits per heavy atom. The van der Waals surface area contributed by atoms with E-state index in [9.17, 15) is 13.2 Å². The van der Waals surface area contributed by atoms with E-state index < -0.39 is 23.2 Å². The molecule has 0 aliphatic rings. The van der Waals surface area contributed by atoms with Crippen LogP contribution in [0.2, 0.25) is 0 Å². The highest BCUT2D eigenvalue weighted by molar-refractivity contribution is 14.1. The van der Waals surface area contributed by atoms with Gasteiger partial charge in [-0.3, -0.25) is 0 Å². The molecule has 12 heavy (non-hydrogen) atoms. The summed E-state index contributed by atoms with van der Waals surface area (Å²) in [6.07, 6.45) is 0. The second-order valence-corrected chi connectivity index (χ2v) is 3.08. The van der Waals surface area contributed by atoms with E-state index in [-0.39, 0.29) is 3.57 Å².